The van der Waals surface area contributed by atoms with Crippen LogP contribution < -0.4 is 5.73 Å². The van der Waals surface area contributed by atoms with Crippen LogP contribution in [0.4, 0.5) is 0 Å². The summed E-state index contributed by atoms with van der Waals surface area (Å²) in [5.41, 5.74) is 7.37. The predicted molar refractivity (Wildman–Crippen MR) is 68.9 cm³/mol. The van der Waals surface area contributed by atoms with Crippen LogP contribution in [0.25, 0.3) is 0 Å². The number of unbranched alkanes of at least 4 members (excludes halogenated alkanes) is 6. The molecule has 0 aliphatic carbocycles. The Morgan fingerprint density at radius 2 is 1.53 bits per heavy atom. The zero-order valence-corrected chi connectivity index (χ0v) is 10.6. The van der Waals surface area contributed by atoms with Gasteiger partial charge in [-0.05, 0) is 39.0 Å². The van der Waals surface area contributed by atoms with Crippen LogP contribution in [0.5, 0.6) is 0 Å². The van der Waals surface area contributed by atoms with Crippen molar-refractivity contribution in [2.24, 2.45) is 0 Å². The molecule has 1 radical (unpaired) electrons. The van der Waals surface area contributed by atoms with Crippen LogP contribution in [0.3, 0.4) is 0 Å². The molecule has 0 amide bonds. The monoisotopic (exact) mass is 210 g/mol. The fourth-order valence-corrected chi connectivity index (χ4v) is 1.64. The highest BCUT2D eigenvalue weighted by Crippen LogP contribution is 2.06. The molecule has 0 saturated carbocycles. The van der Waals surface area contributed by atoms with Crippen LogP contribution in [0, 0.1) is 0 Å². The number of hydrogen-bond acceptors (Lipinski definition) is 0. The Balaban J connectivity index is 3.04. The smallest absolute Gasteiger partial charge is 0.0184 e. The molecule has 0 heterocycles. The maximum atomic E-state index is 7.37. The number of nitrogens with one attached hydrogen (secondary N) is 1. The number of hydrogen-bond donors (Lipinski definition) is 0. The molecular formula is C14H28N. The molecule has 15 heavy (non-hydrogen) atoms. The van der Waals surface area contributed by atoms with Gasteiger partial charge in [0.2, 0.25) is 0 Å². The van der Waals surface area contributed by atoms with Crippen molar-refractivity contribution in [2.45, 2.75) is 77.7 Å². The van der Waals surface area contributed by atoms with E-state index in [1.165, 1.54) is 51.4 Å². The van der Waals surface area contributed by atoms with Crippen molar-refractivity contribution in [3.8, 4) is 0 Å². The second kappa shape index (κ2) is 11.8. The fourth-order valence-electron chi connectivity index (χ4n) is 1.64. The van der Waals surface area contributed by atoms with Crippen molar-refractivity contribution in [1.29, 1.82) is 0 Å². The second-order valence-electron chi connectivity index (χ2n) is 4.51. The molecule has 0 aliphatic rings. The summed E-state index contributed by atoms with van der Waals surface area (Å²) in [5, 5.41) is 0. The normalized spacial score (nSPS) is 13.5. The van der Waals surface area contributed by atoms with Gasteiger partial charge in [-0.1, -0.05) is 44.8 Å². The van der Waals surface area contributed by atoms with Gasteiger partial charge in [-0.2, -0.15) is 0 Å². The first-order valence-corrected chi connectivity index (χ1v) is 6.63. The standard InChI is InChI=1S/C14H28N/c1-3-4-5-6-7-8-9-10-11-12-13-14(2)15/h8-9,14-15H,3-7,10-13H2,1-2H3. The van der Waals surface area contributed by atoms with Crippen LogP contribution in [-0.4, -0.2) is 6.04 Å². The summed E-state index contributed by atoms with van der Waals surface area (Å²) in [5.74, 6) is 0. The maximum absolute atomic E-state index is 7.37. The van der Waals surface area contributed by atoms with Crippen LogP contribution in [0.1, 0.15) is 71.6 Å². The van der Waals surface area contributed by atoms with E-state index in [0.717, 1.165) is 6.42 Å². The third-order valence-corrected chi connectivity index (χ3v) is 2.65. The molecular weight excluding hydrogens is 182 g/mol. The van der Waals surface area contributed by atoms with E-state index in [1.807, 2.05) is 6.92 Å². The summed E-state index contributed by atoms with van der Waals surface area (Å²) in [4.78, 5) is 0. The minimum atomic E-state index is 0.128. The van der Waals surface area contributed by atoms with Crippen LogP contribution in [-0.2, 0) is 0 Å². The van der Waals surface area contributed by atoms with E-state index in [0.29, 0.717) is 0 Å². The highest BCUT2D eigenvalue weighted by molar-refractivity contribution is 4.81. The van der Waals surface area contributed by atoms with Crippen LogP contribution in [0.2, 0.25) is 0 Å². The Labute approximate surface area is 96.1 Å². The number of rotatable bonds is 10. The molecule has 1 N–H and O–H groups in total. The average molecular weight is 210 g/mol. The minimum absolute atomic E-state index is 0.128. The van der Waals surface area contributed by atoms with Gasteiger partial charge in [-0.25, -0.2) is 0 Å². The molecule has 0 fully saturated rings. The Morgan fingerprint density at radius 1 is 0.933 bits per heavy atom. The molecule has 0 spiro atoms. The largest absolute Gasteiger partial charge is 0.255 e. The highest BCUT2D eigenvalue weighted by atomic mass is 14.6. The average Bonchev–Trinajstić information content (AvgIpc) is 2.20. The van der Waals surface area contributed by atoms with Gasteiger partial charge in [0.05, 0.1) is 0 Å². The molecule has 0 aromatic rings. The van der Waals surface area contributed by atoms with Crippen molar-refractivity contribution in [1.82, 2.24) is 5.73 Å². The molecule has 1 unspecified atom stereocenters. The molecule has 1 heteroatoms. The molecule has 0 aromatic heterocycles. The van der Waals surface area contributed by atoms with E-state index >= 15 is 0 Å². The van der Waals surface area contributed by atoms with E-state index in [2.05, 4.69) is 19.1 Å². The molecule has 89 valence electrons. The lowest BCUT2D eigenvalue weighted by molar-refractivity contribution is 0.589. The fraction of sp³-hybridized carbons (Fsp3) is 0.857. The van der Waals surface area contributed by atoms with Crippen molar-refractivity contribution >= 4 is 0 Å². The van der Waals surface area contributed by atoms with Gasteiger partial charge in [0, 0.05) is 6.04 Å². The van der Waals surface area contributed by atoms with Crippen molar-refractivity contribution < 1.29 is 0 Å². The second-order valence-corrected chi connectivity index (χ2v) is 4.51. The Morgan fingerprint density at radius 3 is 2.07 bits per heavy atom. The molecule has 0 bridgehead atoms. The summed E-state index contributed by atoms with van der Waals surface area (Å²) in [6.07, 6.45) is 16.1. The summed E-state index contributed by atoms with van der Waals surface area (Å²) < 4.78 is 0. The summed E-state index contributed by atoms with van der Waals surface area (Å²) >= 11 is 0. The van der Waals surface area contributed by atoms with Crippen molar-refractivity contribution in [3.05, 3.63) is 12.2 Å². The van der Waals surface area contributed by atoms with E-state index in [4.69, 9.17) is 5.73 Å². The lowest BCUT2D eigenvalue weighted by Crippen LogP contribution is -2.00. The maximum Gasteiger partial charge on any atom is 0.0184 e. The first-order chi connectivity index (χ1) is 7.27. The van der Waals surface area contributed by atoms with Gasteiger partial charge in [0.25, 0.3) is 0 Å². The van der Waals surface area contributed by atoms with Crippen LogP contribution in [0.15, 0.2) is 12.2 Å². The third-order valence-electron chi connectivity index (χ3n) is 2.65. The summed E-state index contributed by atoms with van der Waals surface area (Å²) in [6.45, 7) is 4.23. The van der Waals surface area contributed by atoms with E-state index in [1.54, 1.807) is 0 Å². The Hall–Kier alpha value is -0.300. The zero-order chi connectivity index (χ0) is 11.4. The first kappa shape index (κ1) is 14.7. The third kappa shape index (κ3) is 13.7. The first-order valence-electron chi connectivity index (χ1n) is 6.63. The van der Waals surface area contributed by atoms with Crippen LogP contribution >= 0.6 is 0 Å². The van der Waals surface area contributed by atoms with Crippen molar-refractivity contribution in [3.63, 3.8) is 0 Å². The molecule has 0 aromatic carbocycles. The quantitative estimate of drug-likeness (QED) is 0.367. The summed E-state index contributed by atoms with van der Waals surface area (Å²) in [7, 11) is 0. The van der Waals surface area contributed by atoms with Crippen molar-refractivity contribution in [2.75, 3.05) is 0 Å². The van der Waals surface area contributed by atoms with Gasteiger partial charge >= 0.3 is 0 Å². The lowest BCUT2D eigenvalue weighted by atomic mass is 10.1. The zero-order valence-electron chi connectivity index (χ0n) is 10.6. The van der Waals surface area contributed by atoms with E-state index in [9.17, 15) is 0 Å². The Kier molecular flexibility index (Phi) is 11.5. The molecule has 1 nitrogen and oxygen atoms in total. The SMILES string of the molecule is CCCCCCC=CCCCCC(C)[NH]. The summed E-state index contributed by atoms with van der Waals surface area (Å²) in [6, 6.07) is 0.128. The highest BCUT2D eigenvalue weighted by Gasteiger charge is 1.93. The lowest BCUT2D eigenvalue weighted by Gasteiger charge is -2.01. The van der Waals surface area contributed by atoms with Gasteiger partial charge in [0.1, 0.15) is 0 Å². The predicted octanol–water partition coefficient (Wildman–Crippen LogP) is 4.74. The molecule has 1 atom stereocenters. The molecule has 0 aliphatic heterocycles. The molecule has 0 rings (SSSR count). The van der Waals surface area contributed by atoms with E-state index in [-0.39, 0.29) is 6.04 Å². The number of allylic oxidation sites excluding steroid dienone is 2. The van der Waals surface area contributed by atoms with Gasteiger partial charge < -0.3 is 0 Å². The minimum Gasteiger partial charge on any atom is -0.255 e. The van der Waals surface area contributed by atoms with Gasteiger partial charge in [-0.15, -0.1) is 0 Å². The van der Waals surface area contributed by atoms with E-state index < -0.39 is 0 Å². The van der Waals surface area contributed by atoms with Gasteiger partial charge in [0.15, 0.2) is 0 Å². The molecule has 0 saturated heterocycles. The topological polar surface area (TPSA) is 23.8 Å². The van der Waals surface area contributed by atoms with Gasteiger partial charge in [-0.3, -0.25) is 5.73 Å². The Bertz CT molecular complexity index is 138.